The van der Waals surface area contributed by atoms with E-state index in [4.69, 9.17) is 9.47 Å². The third-order valence-electron chi connectivity index (χ3n) is 4.70. The van der Waals surface area contributed by atoms with Crippen molar-refractivity contribution in [2.24, 2.45) is 5.41 Å². The molecule has 2 saturated heterocycles. The molecule has 0 radical (unpaired) electrons. The smallest absolute Gasteiger partial charge is 0.231 e. The zero-order valence-corrected chi connectivity index (χ0v) is 15.1. The van der Waals surface area contributed by atoms with Crippen molar-refractivity contribution in [3.05, 3.63) is 22.4 Å². The summed E-state index contributed by atoms with van der Waals surface area (Å²) in [6.07, 6.45) is 1.70. The average molecular weight is 361 g/mol. The Morgan fingerprint density at radius 1 is 1.52 bits per heavy atom. The lowest BCUT2D eigenvalue weighted by atomic mass is 9.78. The minimum absolute atomic E-state index is 0. The van der Waals surface area contributed by atoms with Crippen molar-refractivity contribution >= 4 is 29.7 Å². The standard InChI is InChI=1S/C16H24N2O3S.ClH/c1-20-12-16(3-5-17-6-4-16)15(19)18-7-8-21-14(10-18)13-2-9-22-11-13;/h2,9,11,14,17H,3-8,10,12H2,1H3;1H. The van der Waals surface area contributed by atoms with Gasteiger partial charge < -0.3 is 19.7 Å². The van der Waals surface area contributed by atoms with Crippen LogP contribution in [0.1, 0.15) is 24.5 Å². The minimum Gasteiger partial charge on any atom is -0.384 e. The number of hydrogen-bond acceptors (Lipinski definition) is 5. The number of methoxy groups -OCH3 is 1. The highest BCUT2D eigenvalue weighted by Crippen LogP contribution is 2.34. The quantitative estimate of drug-likeness (QED) is 0.893. The van der Waals surface area contributed by atoms with E-state index in [0.29, 0.717) is 26.3 Å². The molecular weight excluding hydrogens is 336 g/mol. The van der Waals surface area contributed by atoms with Crippen molar-refractivity contribution in [3.63, 3.8) is 0 Å². The number of morpholine rings is 1. The summed E-state index contributed by atoms with van der Waals surface area (Å²) in [5.41, 5.74) is 0.810. The van der Waals surface area contributed by atoms with Crippen LogP contribution in [0.4, 0.5) is 0 Å². The number of carbonyl (C=O) groups excluding carboxylic acids is 1. The molecule has 130 valence electrons. The summed E-state index contributed by atoms with van der Waals surface area (Å²) >= 11 is 1.67. The lowest BCUT2D eigenvalue weighted by molar-refractivity contribution is -0.155. The molecule has 7 heteroatoms. The molecule has 0 saturated carbocycles. The van der Waals surface area contributed by atoms with E-state index in [1.807, 2.05) is 4.90 Å². The normalized spacial score (nSPS) is 24.0. The van der Waals surface area contributed by atoms with Crippen LogP contribution in [-0.2, 0) is 14.3 Å². The second kappa shape index (κ2) is 8.44. The van der Waals surface area contributed by atoms with E-state index in [1.165, 1.54) is 5.56 Å². The van der Waals surface area contributed by atoms with Crippen molar-refractivity contribution in [2.45, 2.75) is 18.9 Å². The summed E-state index contributed by atoms with van der Waals surface area (Å²) in [6, 6.07) is 2.08. The molecule has 0 aromatic carbocycles. The maximum Gasteiger partial charge on any atom is 0.231 e. The number of thiophene rings is 1. The molecule has 1 atom stereocenters. The highest BCUT2D eigenvalue weighted by Gasteiger charge is 2.43. The van der Waals surface area contributed by atoms with E-state index >= 15 is 0 Å². The van der Waals surface area contributed by atoms with Gasteiger partial charge in [-0.2, -0.15) is 11.3 Å². The average Bonchev–Trinajstić information content (AvgIpc) is 3.10. The van der Waals surface area contributed by atoms with E-state index in [2.05, 4.69) is 22.1 Å². The van der Waals surface area contributed by atoms with Gasteiger partial charge in [0.2, 0.25) is 5.91 Å². The zero-order valence-electron chi connectivity index (χ0n) is 13.5. The lowest BCUT2D eigenvalue weighted by Crippen LogP contribution is -2.54. The summed E-state index contributed by atoms with van der Waals surface area (Å²) in [6.45, 7) is 4.20. The first-order valence-electron chi connectivity index (χ1n) is 7.88. The minimum atomic E-state index is -0.365. The number of carbonyl (C=O) groups is 1. The molecule has 0 bridgehead atoms. The van der Waals surface area contributed by atoms with Crippen LogP contribution >= 0.6 is 23.7 Å². The fraction of sp³-hybridized carbons (Fsp3) is 0.688. The Balaban J connectivity index is 0.00000192. The van der Waals surface area contributed by atoms with Crippen LogP contribution in [-0.4, -0.2) is 57.3 Å². The van der Waals surface area contributed by atoms with Crippen molar-refractivity contribution in [1.29, 1.82) is 0 Å². The van der Waals surface area contributed by atoms with Crippen LogP contribution in [0.15, 0.2) is 16.8 Å². The van der Waals surface area contributed by atoms with Gasteiger partial charge in [-0.15, -0.1) is 12.4 Å². The van der Waals surface area contributed by atoms with Crippen LogP contribution in [0, 0.1) is 5.41 Å². The number of rotatable bonds is 4. The fourth-order valence-electron chi connectivity index (χ4n) is 3.43. The number of piperidine rings is 1. The van der Waals surface area contributed by atoms with E-state index in [9.17, 15) is 4.79 Å². The van der Waals surface area contributed by atoms with Gasteiger partial charge in [0.25, 0.3) is 0 Å². The third-order valence-corrected chi connectivity index (χ3v) is 5.41. The monoisotopic (exact) mass is 360 g/mol. The van der Waals surface area contributed by atoms with E-state index in [0.717, 1.165) is 25.9 Å². The number of halogens is 1. The predicted octanol–water partition coefficient (Wildman–Crippen LogP) is 2.09. The topological polar surface area (TPSA) is 50.8 Å². The van der Waals surface area contributed by atoms with Gasteiger partial charge in [-0.25, -0.2) is 0 Å². The summed E-state index contributed by atoms with van der Waals surface area (Å²) in [5, 5.41) is 7.50. The maximum absolute atomic E-state index is 13.1. The van der Waals surface area contributed by atoms with Gasteiger partial charge in [-0.1, -0.05) is 0 Å². The first-order chi connectivity index (χ1) is 10.7. The predicted molar refractivity (Wildman–Crippen MR) is 93.3 cm³/mol. The van der Waals surface area contributed by atoms with E-state index in [-0.39, 0.29) is 29.8 Å². The van der Waals surface area contributed by atoms with Gasteiger partial charge >= 0.3 is 0 Å². The van der Waals surface area contributed by atoms with Crippen LogP contribution in [0.5, 0.6) is 0 Å². The first kappa shape index (κ1) is 18.7. The number of nitrogens with zero attached hydrogens (tertiary/aromatic N) is 1. The molecule has 1 aromatic heterocycles. The number of hydrogen-bond donors (Lipinski definition) is 1. The third kappa shape index (κ3) is 4.06. The van der Waals surface area contributed by atoms with Crippen LogP contribution in [0.2, 0.25) is 0 Å². The van der Waals surface area contributed by atoms with Crippen molar-refractivity contribution < 1.29 is 14.3 Å². The van der Waals surface area contributed by atoms with Crippen LogP contribution in [0.25, 0.3) is 0 Å². The molecule has 5 nitrogen and oxygen atoms in total. The number of amides is 1. The van der Waals surface area contributed by atoms with Crippen molar-refractivity contribution in [1.82, 2.24) is 10.2 Å². The fourth-order valence-corrected chi connectivity index (χ4v) is 4.13. The molecule has 1 N–H and O–H groups in total. The lowest BCUT2D eigenvalue weighted by Gasteiger charge is -2.42. The van der Waals surface area contributed by atoms with Gasteiger partial charge in [0, 0.05) is 13.7 Å². The van der Waals surface area contributed by atoms with Crippen LogP contribution < -0.4 is 5.32 Å². The Bertz CT molecular complexity index is 486. The second-order valence-electron chi connectivity index (χ2n) is 6.13. The molecule has 0 spiro atoms. The molecule has 2 fully saturated rings. The highest BCUT2D eigenvalue weighted by atomic mass is 35.5. The van der Waals surface area contributed by atoms with Gasteiger partial charge in [-0.3, -0.25) is 4.79 Å². The van der Waals surface area contributed by atoms with E-state index in [1.54, 1.807) is 18.4 Å². The highest BCUT2D eigenvalue weighted by molar-refractivity contribution is 7.07. The van der Waals surface area contributed by atoms with Gasteiger partial charge in [0.15, 0.2) is 0 Å². The Labute approximate surface area is 147 Å². The molecule has 3 rings (SSSR count). The van der Waals surface area contributed by atoms with Crippen molar-refractivity contribution in [3.8, 4) is 0 Å². The second-order valence-corrected chi connectivity index (χ2v) is 6.91. The summed E-state index contributed by atoms with van der Waals surface area (Å²) in [7, 11) is 1.69. The SMILES string of the molecule is COCC1(C(=O)N2CCOC(c3ccsc3)C2)CCNCC1.Cl. The maximum atomic E-state index is 13.1. The van der Waals surface area contributed by atoms with Gasteiger partial charge in [0.05, 0.1) is 25.2 Å². The summed E-state index contributed by atoms with van der Waals surface area (Å²) in [4.78, 5) is 15.1. The Kier molecular flexibility index (Phi) is 6.85. The largest absolute Gasteiger partial charge is 0.384 e. The number of ether oxygens (including phenoxy) is 2. The zero-order chi connectivity index (χ0) is 15.4. The van der Waals surface area contributed by atoms with Gasteiger partial charge in [-0.05, 0) is 48.3 Å². The molecular formula is C16H25ClN2O3S. The van der Waals surface area contributed by atoms with Gasteiger partial charge in [0.1, 0.15) is 6.10 Å². The molecule has 0 aliphatic carbocycles. The first-order valence-corrected chi connectivity index (χ1v) is 8.82. The molecule has 1 amide bonds. The molecule has 2 aliphatic heterocycles. The Morgan fingerprint density at radius 3 is 2.96 bits per heavy atom. The Hall–Kier alpha value is -0.660. The van der Waals surface area contributed by atoms with E-state index < -0.39 is 0 Å². The van der Waals surface area contributed by atoms with Crippen LogP contribution in [0.3, 0.4) is 0 Å². The molecule has 23 heavy (non-hydrogen) atoms. The summed E-state index contributed by atoms with van der Waals surface area (Å²) in [5.74, 6) is 0.236. The van der Waals surface area contributed by atoms with Crippen molar-refractivity contribution in [2.75, 3.05) is 46.5 Å². The molecule has 1 unspecified atom stereocenters. The number of nitrogens with one attached hydrogen (secondary N) is 1. The Morgan fingerprint density at radius 2 is 2.30 bits per heavy atom. The molecule has 3 heterocycles. The molecule has 1 aromatic rings. The summed E-state index contributed by atoms with van der Waals surface area (Å²) < 4.78 is 11.2. The molecule has 2 aliphatic rings.